The van der Waals surface area contributed by atoms with Crippen LogP contribution in [-0.2, 0) is 6.42 Å². The Hall–Kier alpha value is -1.97. The molecule has 4 heteroatoms. The second-order valence-electron chi connectivity index (χ2n) is 5.36. The lowest BCUT2D eigenvalue weighted by molar-refractivity contribution is 0.693. The summed E-state index contributed by atoms with van der Waals surface area (Å²) in [6.07, 6.45) is 7.37. The fourth-order valence-corrected chi connectivity index (χ4v) is 2.96. The van der Waals surface area contributed by atoms with Crippen LogP contribution in [0.5, 0.6) is 0 Å². The molecule has 3 rings (SSSR count). The van der Waals surface area contributed by atoms with E-state index in [2.05, 4.69) is 21.9 Å². The molecular formula is C16H19N3O. The quantitative estimate of drug-likeness (QED) is 0.931. The summed E-state index contributed by atoms with van der Waals surface area (Å²) >= 11 is 0. The van der Waals surface area contributed by atoms with Crippen LogP contribution in [0.25, 0.3) is 11.5 Å². The Morgan fingerprint density at radius 3 is 2.90 bits per heavy atom. The number of nitrogens with zero attached hydrogens (tertiary/aromatic N) is 2. The minimum absolute atomic E-state index is 0.0791. The first-order chi connectivity index (χ1) is 9.78. The van der Waals surface area contributed by atoms with Gasteiger partial charge in [0.1, 0.15) is 5.69 Å². The molecule has 0 aliphatic heterocycles. The van der Waals surface area contributed by atoms with Crippen LogP contribution >= 0.6 is 0 Å². The maximum atomic E-state index is 11.9. The monoisotopic (exact) mass is 269 g/mol. The first-order valence-electron chi connectivity index (χ1n) is 7.33. The van der Waals surface area contributed by atoms with Crippen LogP contribution < -0.4 is 5.56 Å². The molecule has 1 aliphatic rings. The molecule has 0 bridgehead atoms. The third kappa shape index (κ3) is 2.50. The van der Waals surface area contributed by atoms with Crippen molar-refractivity contribution in [2.24, 2.45) is 0 Å². The zero-order chi connectivity index (χ0) is 13.9. The average molecular weight is 269 g/mol. The van der Waals surface area contributed by atoms with Crippen molar-refractivity contribution < 1.29 is 0 Å². The van der Waals surface area contributed by atoms with Crippen LogP contribution in [0.3, 0.4) is 0 Å². The van der Waals surface area contributed by atoms with Gasteiger partial charge in [-0.2, -0.15) is 0 Å². The Morgan fingerprint density at radius 1 is 1.35 bits per heavy atom. The van der Waals surface area contributed by atoms with Crippen molar-refractivity contribution in [1.29, 1.82) is 0 Å². The van der Waals surface area contributed by atoms with Gasteiger partial charge >= 0.3 is 0 Å². The molecule has 0 saturated heterocycles. The predicted molar refractivity (Wildman–Crippen MR) is 78.7 cm³/mol. The second kappa shape index (κ2) is 5.57. The first kappa shape index (κ1) is 13.0. The highest BCUT2D eigenvalue weighted by Crippen LogP contribution is 2.33. The van der Waals surface area contributed by atoms with E-state index in [1.165, 1.54) is 12.8 Å². The van der Waals surface area contributed by atoms with Crippen LogP contribution in [0.2, 0.25) is 0 Å². The minimum atomic E-state index is -0.0791. The highest BCUT2D eigenvalue weighted by atomic mass is 16.1. The van der Waals surface area contributed by atoms with Gasteiger partial charge in [0.25, 0.3) is 5.56 Å². The minimum Gasteiger partial charge on any atom is -0.305 e. The number of H-pyrrole nitrogens is 1. The maximum absolute atomic E-state index is 11.9. The van der Waals surface area contributed by atoms with E-state index >= 15 is 0 Å². The molecule has 20 heavy (non-hydrogen) atoms. The summed E-state index contributed by atoms with van der Waals surface area (Å²) in [5.41, 5.74) is 2.75. The maximum Gasteiger partial charge on any atom is 0.251 e. The zero-order valence-corrected chi connectivity index (χ0v) is 11.7. The molecule has 1 saturated carbocycles. The number of aromatic amines is 1. The third-order valence-electron chi connectivity index (χ3n) is 4.03. The van der Waals surface area contributed by atoms with E-state index in [0.29, 0.717) is 11.7 Å². The zero-order valence-electron chi connectivity index (χ0n) is 11.7. The fourth-order valence-electron chi connectivity index (χ4n) is 2.96. The van der Waals surface area contributed by atoms with Gasteiger partial charge in [0.15, 0.2) is 5.82 Å². The molecule has 0 radical (unpaired) electrons. The van der Waals surface area contributed by atoms with Crippen molar-refractivity contribution in [2.45, 2.75) is 44.9 Å². The van der Waals surface area contributed by atoms with Gasteiger partial charge in [-0.05, 0) is 30.9 Å². The van der Waals surface area contributed by atoms with Crippen LogP contribution in [0, 0.1) is 0 Å². The third-order valence-corrected chi connectivity index (χ3v) is 4.03. The number of nitrogens with one attached hydrogen (secondary N) is 1. The van der Waals surface area contributed by atoms with Crippen LogP contribution in [0.1, 0.15) is 49.8 Å². The summed E-state index contributed by atoms with van der Waals surface area (Å²) in [4.78, 5) is 23.8. The van der Waals surface area contributed by atoms with Crippen molar-refractivity contribution >= 4 is 0 Å². The lowest BCUT2D eigenvalue weighted by Gasteiger charge is -2.11. The van der Waals surface area contributed by atoms with E-state index < -0.39 is 0 Å². The molecule has 0 atom stereocenters. The number of hydrogen-bond donors (Lipinski definition) is 1. The molecule has 1 N–H and O–H groups in total. The summed E-state index contributed by atoms with van der Waals surface area (Å²) in [5, 5.41) is 0. The normalized spacial score (nSPS) is 15.7. The van der Waals surface area contributed by atoms with Crippen molar-refractivity contribution in [2.75, 3.05) is 0 Å². The molecule has 0 spiro atoms. The summed E-state index contributed by atoms with van der Waals surface area (Å²) in [6, 6.07) is 5.60. The predicted octanol–water partition coefficient (Wildman–Crippen LogP) is 3.05. The molecule has 2 aromatic heterocycles. The fraction of sp³-hybridized carbons (Fsp3) is 0.438. The van der Waals surface area contributed by atoms with E-state index in [9.17, 15) is 4.79 Å². The number of pyridine rings is 1. The van der Waals surface area contributed by atoms with Gasteiger partial charge in [-0.1, -0.05) is 25.8 Å². The molecule has 1 fully saturated rings. The summed E-state index contributed by atoms with van der Waals surface area (Å²) < 4.78 is 0. The highest BCUT2D eigenvalue weighted by molar-refractivity contribution is 5.54. The topological polar surface area (TPSA) is 58.6 Å². The number of rotatable bonds is 3. The summed E-state index contributed by atoms with van der Waals surface area (Å²) in [5.74, 6) is 1.04. The van der Waals surface area contributed by atoms with Gasteiger partial charge in [0.2, 0.25) is 0 Å². The van der Waals surface area contributed by atoms with E-state index in [-0.39, 0.29) is 5.56 Å². The van der Waals surface area contributed by atoms with Gasteiger partial charge in [-0.15, -0.1) is 0 Å². The van der Waals surface area contributed by atoms with Crippen molar-refractivity contribution in [3.05, 3.63) is 46.0 Å². The molecule has 0 aromatic carbocycles. The average Bonchev–Trinajstić information content (AvgIpc) is 3.01. The van der Waals surface area contributed by atoms with E-state index in [4.69, 9.17) is 0 Å². The highest BCUT2D eigenvalue weighted by Gasteiger charge is 2.20. The van der Waals surface area contributed by atoms with E-state index in [0.717, 1.165) is 36.2 Å². The van der Waals surface area contributed by atoms with Gasteiger partial charge in [-0.25, -0.2) is 4.98 Å². The molecule has 2 aromatic rings. The Labute approximate surface area is 118 Å². The molecule has 1 aliphatic carbocycles. The molecule has 104 valence electrons. The lowest BCUT2D eigenvalue weighted by Crippen LogP contribution is -2.13. The van der Waals surface area contributed by atoms with Gasteiger partial charge < -0.3 is 4.98 Å². The number of aromatic nitrogens is 3. The van der Waals surface area contributed by atoms with E-state index in [1.807, 2.05) is 12.1 Å². The first-order valence-corrected chi connectivity index (χ1v) is 7.33. The van der Waals surface area contributed by atoms with Gasteiger partial charge in [-0.3, -0.25) is 9.78 Å². The van der Waals surface area contributed by atoms with Crippen LogP contribution in [-0.4, -0.2) is 15.0 Å². The lowest BCUT2D eigenvalue weighted by atomic mass is 10.0. The number of aryl methyl sites for hydroxylation is 1. The molecule has 2 heterocycles. The Bertz CT molecular complexity index is 657. The summed E-state index contributed by atoms with van der Waals surface area (Å²) in [6.45, 7) is 2.08. The molecule has 4 nitrogen and oxygen atoms in total. The van der Waals surface area contributed by atoms with Crippen molar-refractivity contribution in [3.63, 3.8) is 0 Å². The van der Waals surface area contributed by atoms with E-state index in [1.54, 1.807) is 12.3 Å². The standard InChI is InChI=1S/C16H19N3O/c1-2-11-8-5-9-17-15(11)16-18-13(10-14(20)19-16)12-6-3-4-7-12/h5,8-10,12H,2-4,6-7H2,1H3,(H,18,19,20). The SMILES string of the molecule is CCc1cccnc1-c1nc(C2CCCC2)cc(=O)[nH]1. The van der Waals surface area contributed by atoms with Gasteiger partial charge in [0, 0.05) is 18.2 Å². The Balaban J connectivity index is 2.07. The van der Waals surface area contributed by atoms with Crippen molar-refractivity contribution in [3.8, 4) is 11.5 Å². The van der Waals surface area contributed by atoms with Gasteiger partial charge in [0.05, 0.1) is 5.69 Å². The van der Waals surface area contributed by atoms with Crippen molar-refractivity contribution in [1.82, 2.24) is 15.0 Å². The Morgan fingerprint density at radius 2 is 2.15 bits per heavy atom. The largest absolute Gasteiger partial charge is 0.305 e. The second-order valence-corrected chi connectivity index (χ2v) is 5.36. The van der Waals surface area contributed by atoms with Crippen LogP contribution in [0.4, 0.5) is 0 Å². The Kier molecular flexibility index (Phi) is 3.63. The molecule has 0 amide bonds. The summed E-state index contributed by atoms with van der Waals surface area (Å²) in [7, 11) is 0. The number of hydrogen-bond acceptors (Lipinski definition) is 3. The molecular weight excluding hydrogens is 250 g/mol. The van der Waals surface area contributed by atoms with Crippen LogP contribution in [0.15, 0.2) is 29.2 Å². The molecule has 0 unspecified atom stereocenters. The smallest absolute Gasteiger partial charge is 0.251 e.